The van der Waals surface area contributed by atoms with Gasteiger partial charge in [-0.25, -0.2) is 0 Å². The monoisotopic (exact) mass is 736 g/mol. The summed E-state index contributed by atoms with van der Waals surface area (Å²) in [5, 5.41) is 7.81. The van der Waals surface area contributed by atoms with Gasteiger partial charge in [0.2, 0.25) is 0 Å². The van der Waals surface area contributed by atoms with Crippen molar-refractivity contribution >= 4 is 70.3 Å². The summed E-state index contributed by atoms with van der Waals surface area (Å²) in [5.74, 6) is 0. The number of hydrogen-bond acceptors (Lipinski definition) is 1. The van der Waals surface area contributed by atoms with Gasteiger partial charge in [0.1, 0.15) is 0 Å². The van der Waals surface area contributed by atoms with Crippen LogP contribution in [0.3, 0.4) is 0 Å². The zero-order valence-corrected chi connectivity index (χ0v) is 33.0. The summed E-state index contributed by atoms with van der Waals surface area (Å²) < 4.78 is 2.70. The van der Waals surface area contributed by atoms with Crippen LogP contribution in [0.15, 0.2) is 194 Å². The van der Waals surface area contributed by atoms with E-state index in [0.29, 0.717) is 0 Å². The molecule has 0 N–H and O–H groups in total. The van der Waals surface area contributed by atoms with E-state index in [0.717, 1.165) is 17.6 Å². The van der Waals surface area contributed by atoms with Gasteiger partial charge in [-0.3, -0.25) is 0 Å². The molecule has 6 aromatic carbocycles. The number of thiophene rings is 1. The van der Waals surface area contributed by atoms with Crippen LogP contribution >= 0.6 is 11.3 Å². The zero-order valence-electron chi connectivity index (χ0n) is 32.2. The summed E-state index contributed by atoms with van der Waals surface area (Å²) >= 11 is 1.89. The van der Waals surface area contributed by atoms with Crippen molar-refractivity contribution in [2.24, 2.45) is 0 Å². The third-order valence-electron chi connectivity index (χ3n) is 11.5. The lowest BCUT2D eigenvalue weighted by molar-refractivity contribution is 0.666. The Balaban J connectivity index is 1.03. The molecule has 1 heteroatoms. The summed E-state index contributed by atoms with van der Waals surface area (Å²) in [6, 6.07) is 46.7. The van der Waals surface area contributed by atoms with Gasteiger partial charge in [0, 0.05) is 25.6 Å². The first-order chi connectivity index (χ1) is 27.4. The van der Waals surface area contributed by atoms with E-state index in [1.54, 1.807) is 0 Å². The molecule has 0 fully saturated rings. The summed E-state index contributed by atoms with van der Waals surface area (Å²) in [6.07, 6.45) is 22.6. The van der Waals surface area contributed by atoms with E-state index < -0.39 is 0 Å². The first kappa shape index (κ1) is 35.4. The Kier molecular flexibility index (Phi) is 9.33. The van der Waals surface area contributed by atoms with Crippen molar-refractivity contribution in [1.29, 1.82) is 0 Å². The lowest BCUT2D eigenvalue weighted by Gasteiger charge is -2.23. The predicted octanol–water partition coefficient (Wildman–Crippen LogP) is 15.9. The van der Waals surface area contributed by atoms with E-state index in [2.05, 4.69) is 216 Å². The third-order valence-corrected chi connectivity index (χ3v) is 12.6. The van der Waals surface area contributed by atoms with Crippen LogP contribution < -0.4 is 0 Å². The number of fused-ring (bicyclic) bond motifs is 10. The van der Waals surface area contributed by atoms with Crippen LogP contribution in [-0.4, -0.2) is 0 Å². The molecule has 0 saturated heterocycles. The van der Waals surface area contributed by atoms with Crippen molar-refractivity contribution < 1.29 is 0 Å². The normalized spacial score (nSPS) is 15.4. The highest BCUT2D eigenvalue weighted by molar-refractivity contribution is 7.26. The number of benzene rings is 5. The highest BCUT2D eigenvalue weighted by Gasteiger charge is 2.37. The average molecular weight is 737 g/mol. The Labute approximate surface area is 334 Å². The van der Waals surface area contributed by atoms with Gasteiger partial charge in [0.05, 0.1) is 0 Å². The molecule has 0 spiro atoms. The third kappa shape index (κ3) is 6.39. The largest absolute Gasteiger partial charge is 0.135 e. The van der Waals surface area contributed by atoms with Gasteiger partial charge in [0.15, 0.2) is 0 Å². The Hall–Kier alpha value is -6.28. The van der Waals surface area contributed by atoms with Crippen molar-refractivity contribution in [2.75, 3.05) is 0 Å². The summed E-state index contributed by atoms with van der Waals surface area (Å²) in [6.45, 7) is 11.5. The smallest absolute Gasteiger partial charge is 0.0361 e. The van der Waals surface area contributed by atoms with Crippen LogP contribution in [0.5, 0.6) is 0 Å². The molecule has 0 unspecified atom stereocenters. The molecule has 1 heterocycles. The molecule has 0 amide bonds. The van der Waals surface area contributed by atoms with Crippen molar-refractivity contribution in [3.8, 4) is 11.1 Å². The molecule has 0 bridgehead atoms. The van der Waals surface area contributed by atoms with Crippen LogP contribution in [0.25, 0.3) is 70.1 Å². The number of allylic oxidation sites excluding steroid dienone is 12. The molecule has 56 heavy (non-hydrogen) atoms. The van der Waals surface area contributed by atoms with Crippen LogP contribution in [0.4, 0.5) is 0 Å². The second-order valence-electron chi connectivity index (χ2n) is 15.4. The lowest BCUT2D eigenvalue weighted by Crippen LogP contribution is -2.15. The molecule has 270 valence electrons. The maximum absolute atomic E-state index is 4.56. The number of rotatable bonds is 6. The second-order valence-corrected chi connectivity index (χ2v) is 16.4. The summed E-state index contributed by atoms with van der Waals surface area (Å²) in [7, 11) is 0. The molecular weight excluding hydrogens is 693 g/mol. The molecule has 0 nitrogen and oxygen atoms in total. The van der Waals surface area contributed by atoms with E-state index in [9.17, 15) is 0 Å². The number of hydrogen-bond donors (Lipinski definition) is 0. The van der Waals surface area contributed by atoms with Gasteiger partial charge >= 0.3 is 0 Å². The second kappa shape index (κ2) is 14.8. The highest BCUT2D eigenvalue weighted by Crippen LogP contribution is 2.53. The topological polar surface area (TPSA) is 0 Å². The fourth-order valence-electron chi connectivity index (χ4n) is 8.69. The first-order valence-electron chi connectivity index (χ1n) is 19.5. The van der Waals surface area contributed by atoms with Gasteiger partial charge in [-0.2, -0.15) is 0 Å². The highest BCUT2D eigenvalue weighted by atomic mass is 32.1. The molecule has 0 aliphatic heterocycles. The molecule has 7 aromatic rings. The average Bonchev–Trinajstić information content (AvgIpc) is 3.72. The van der Waals surface area contributed by atoms with E-state index >= 15 is 0 Å². The van der Waals surface area contributed by atoms with E-state index in [4.69, 9.17) is 0 Å². The molecule has 0 radical (unpaired) electrons. The Morgan fingerprint density at radius 1 is 0.661 bits per heavy atom. The van der Waals surface area contributed by atoms with Crippen molar-refractivity contribution in [3.05, 3.63) is 222 Å². The maximum Gasteiger partial charge on any atom is 0.0361 e. The minimum Gasteiger partial charge on any atom is -0.135 e. The summed E-state index contributed by atoms with van der Waals surface area (Å²) in [4.78, 5) is 0. The van der Waals surface area contributed by atoms with E-state index in [1.165, 1.54) is 86.2 Å². The van der Waals surface area contributed by atoms with E-state index in [1.807, 2.05) is 11.3 Å². The lowest BCUT2D eigenvalue weighted by atomic mass is 9.80. The van der Waals surface area contributed by atoms with Crippen LogP contribution in [-0.2, 0) is 5.41 Å². The minimum absolute atomic E-state index is 0.0990. The first-order valence-corrected chi connectivity index (χ1v) is 20.3. The maximum atomic E-state index is 4.56. The standard InChI is InChI=1S/C55H44S/c1-37(41-22-10-5-6-11-23-42(44-25-15-14-24-43(41)44)38(2)28-29-39-19-8-7-9-20-39)18-12-13-21-40-30-34-50-49(36-40)47-32-31-45-46(54(47)55(50,3)4)33-35-52-53(45)48-26-16-17-27-51(48)56-52/h5-19,21-36H,1,20H2,2-4H3/b6-5?,10-5?,11-6?,18-12-,21-13+,22-10?,23-11?,38-28+,39-29-,41-22?,42-23?,43-41?,44-42?. The Bertz CT molecular complexity index is 2980. The SMILES string of the molecule is C=C(/C=C\C=C\c1ccc2c(c1)-c1ccc3c(ccc4sc5ccccc5c43)c1C2(C)C)c1ccccccc(/C(C)=C/C=C2/C=CC=CC2)c2ccccc12. The van der Waals surface area contributed by atoms with Crippen LogP contribution in [0.2, 0.25) is 0 Å². The Morgan fingerprint density at radius 3 is 2.20 bits per heavy atom. The zero-order chi connectivity index (χ0) is 38.2. The van der Waals surface area contributed by atoms with Gasteiger partial charge < -0.3 is 0 Å². The Morgan fingerprint density at radius 2 is 1.39 bits per heavy atom. The van der Waals surface area contributed by atoms with Crippen LogP contribution in [0, 0.1) is 0 Å². The van der Waals surface area contributed by atoms with Gasteiger partial charge in [-0.05, 0) is 109 Å². The fraction of sp³-hybridized carbons (Fsp3) is 0.0909. The van der Waals surface area contributed by atoms with Gasteiger partial charge in [-0.1, -0.05) is 190 Å². The molecule has 2 aliphatic carbocycles. The fourth-order valence-corrected chi connectivity index (χ4v) is 9.81. The molecule has 9 rings (SSSR count). The predicted molar refractivity (Wildman–Crippen MR) is 248 cm³/mol. The van der Waals surface area contributed by atoms with Crippen molar-refractivity contribution in [1.82, 2.24) is 0 Å². The minimum atomic E-state index is -0.0990. The van der Waals surface area contributed by atoms with Crippen LogP contribution in [0.1, 0.15) is 55.0 Å². The molecule has 0 atom stereocenters. The molecular formula is C55H44S. The van der Waals surface area contributed by atoms with Crippen molar-refractivity contribution in [3.63, 3.8) is 0 Å². The van der Waals surface area contributed by atoms with Gasteiger partial charge in [0.25, 0.3) is 0 Å². The summed E-state index contributed by atoms with van der Waals surface area (Å²) in [5.41, 5.74) is 12.4. The molecule has 2 aliphatic rings. The molecule has 0 saturated carbocycles. The van der Waals surface area contributed by atoms with E-state index in [-0.39, 0.29) is 5.41 Å². The quantitative estimate of drug-likeness (QED) is 0.149. The van der Waals surface area contributed by atoms with Gasteiger partial charge in [-0.15, -0.1) is 11.3 Å². The van der Waals surface area contributed by atoms with Crippen molar-refractivity contribution in [2.45, 2.75) is 32.6 Å². The molecule has 1 aromatic heterocycles.